The molecule has 0 aliphatic heterocycles. The molecular weight excluding hydrogens is 1260 g/mol. The van der Waals surface area contributed by atoms with Gasteiger partial charge in [-0.2, -0.15) is 0 Å². The topological polar surface area (TPSA) is 195 Å². The van der Waals surface area contributed by atoms with Crippen molar-refractivity contribution in [2.45, 2.75) is 187 Å². The Bertz CT molecular complexity index is 3360. The minimum Gasteiger partial charge on any atom is -0.494 e. The van der Waals surface area contributed by atoms with Crippen LogP contribution in [0.2, 0.25) is 0 Å². The van der Waals surface area contributed by atoms with Gasteiger partial charge in [-0.1, -0.05) is 133 Å². The Hall–Kier alpha value is -8.86. The first-order chi connectivity index (χ1) is 48.8. The predicted octanol–water partition coefficient (Wildman–Crippen LogP) is 19.8. The molecule has 0 heterocycles. The van der Waals surface area contributed by atoms with E-state index in [4.69, 9.17) is 47.4 Å². The first kappa shape index (κ1) is 80.1. The van der Waals surface area contributed by atoms with Gasteiger partial charge in [0, 0.05) is 24.4 Å². The molecule has 1 unspecified atom stereocenters. The van der Waals surface area contributed by atoms with Crippen molar-refractivity contribution in [1.29, 1.82) is 0 Å². The van der Waals surface area contributed by atoms with E-state index in [9.17, 15) is 28.8 Å². The fourth-order valence-electron chi connectivity index (χ4n) is 10.6. The van der Waals surface area contributed by atoms with Crippen LogP contribution in [0.5, 0.6) is 23.0 Å². The Morgan fingerprint density at radius 3 is 0.990 bits per heavy atom. The highest BCUT2D eigenvalue weighted by Crippen LogP contribution is 2.27. The van der Waals surface area contributed by atoms with Crippen molar-refractivity contribution in [3.63, 3.8) is 0 Å². The van der Waals surface area contributed by atoms with Crippen LogP contribution < -0.4 is 18.9 Å². The highest BCUT2D eigenvalue weighted by atomic mass is 16.6. The number of rotatable bonds is 52. The first-order valence-corrected chi connectivity index (χ1v) is 36.1. The van der Waals surface area contributed by atoms with Gasteiger partial charge in [-0.3, -0.25) is 0 Å². The maximum atomic E-state index is 12.9. The number of ether oxygens (including phenoxy) is 10. The summed E-state index contributed by atoms with van der Waals surface area (Å²) in [6.07, 6.45) is 24.9. The van der Waals surface area contributed by atoms with Gasteiger partial charge in [0.1, 0.15) is 29.6 Å². The van der Waals surface area contributed by atoms with E-state index >= 15 is 0 Å². The molecule has 0 N–H and O–H groups in total. The Morgan fingerprint density at radius 2 is 0.610 bits per heavy atom. The van der Waals surface area contributed by atoms with E-state index in [1.165, 1.54) is 44.9 Å². The number of hydrogen-bond donors (Lipinski definition) is 0. The first-order valence-electron chi connectivity index (χ1n) is 36.1. The molecule has 16 heteroatoms. The van der Waals surface area contributed by atoms with E-state index in [2.05, 4.69) is 20.1 Å². The van der Waals surface area contributed by atoms with E-state index in [-0.39, 0.29) is 30.0 Å². The van der Waals surface area contributed by atoms with Crippen LogP contribution >= 0.6 is 0 Å². The fourth-order valence-corrected chi connectivity index (χ4v) is 10.6. The summed E-state index contributed by atoms with van der Waals surface area (Å²) in [5.41, 5.74) is 6.19. The average Bonchev–Trinajstić information content (AvgIpc) is 0.848. The standard InChI is InChI=1S/C84H105O16/c1-6-7-8-9-10-11-12-21-30-78(94-58-25-17-20-29-62-98-82(88)71-37-33-67(34-38-71)69-41-53-77(54-42-69)100-84(90)73-45-49-75(50-46-73)93-57-24-16-19-27-60-96-80(86)65(4)5)63-91-55-22-13-14-28-61-97-81(87)70-35-31-66(32-36-70)68-39-51-76(52-40-68)99-83(89)72-43-47-74(48-44-72)92-56-23-15-18-26-59-95-79(85)64(2)3/h31-54,63,78H,2,4,6-30,55-62H2,1,3,5H3. The number of hydrogen-bond acceptors (Lipinski definition) is 16. The van der Waals surface area contributed by atoms with Crippen LogP contribution in [0.3, 0.4) is 0 Å². The third kappa shape index (κ3) is 32.4. The van der Waals surface area contributed by atoms with Crippen LogP contribution in [-0.2, 0) is 38.0 Å². The molecule has 100 heavy (non-hydrogen) atoms. The van der Waals surface area contributed by atoms with Crippen molar-refractivity contribution in [1.82, 2.24) is 0 Å². The van der Waals surface area contributed by atoms with E-state index in [1.54, 1.807) is 111 Å². The minimum absolute atomic E-state index is 0.0708. The molecule has 1 atom stereocenters. The molecule has 6 aromatic rings. The van der Waals surface area contributed by atoms with Crippen LogP contribution in [-0.4, -0.2) is 94.8 Å². The lowest BCUT2D eigenvalue weighted by Gasteiger charge is -2.18. The number of esters is 6. The summed E-state index contributed by atoms with van der Waals surface area (Å²) < 4.78 is 56.8. The molecule has 6 rings (SSSR count). The largest absolute Gasteiger partial charge is 0.494 e. The number of carbonyl (C=O) groups excluding carboxylic acids is 6. The second kappa shape index (κ2) is 48.0. The molecule has 0 saturated carbocycles. The van der Waals surface area contributed by atoms with Gasteiger partial charge in [-0.15, -0.1) is 0 Å². The van der Waals surface area contributed by atoms with Crippen LogP contribution in [0.1, 0.15) is 223 Å². The summed E-state index contributed by atoms with van der Waals surface area (Å²) in [5.74, 6) is -0.239. The normalized spacial score (nSPS) is 11.3. The van der Waals surface area contributed by atoms with Crippen LogP contribution in [0, 0.1) is 6.61 Å². The number of benzene rings is 6. The Labute approximate surface area is 593 Å². The number of unbranched alkanes of at least 4 members (excludes halogenated alkanes) is 19. The Kier molecular flexibility index (Phi) is 38.5. The summed E-state index contributed by atoms with van der Waals surface area (Å²) in [5, 5.41) is 0. The zero-order valence-electron chi connectivity index (χ0n) is 59.3. The van der Waals surface area contributed by atoms with Crippen molar-refractivity contribution in [2.75, 3.05) is 52.9 Å². The summed E-state index contributed by atoms with van der Waals surface area (Å²) in [6, 6.07) is 42.7. The molecule has 0 spiro atoms. The lowest BCUT2D eigenvalue weighted by atomic mass is 10.0. The molecule has 0 amide bonds. The molecule has 0 aromatic heterocycles. The van der Waals surface area contributed by atoms with E-state index in [0.29, 0.717) is 109 Å². The molecule has 1 radical (unpaired) electrons. The van der Waals surface area contributed by atoms with E-state index < -0.39 is 11.9 Å². The van der Waals surface area contributed by atoms with Gasteiger partial charge in [0.25, 0.3) is 0 Å². The monoisotopic (exact) mass is 1370 g/mol. The SMILES string of the molecule is C=C(C)C(=O)OCCCCCCOc1ccc(C(=O)Oc2ccc(-c3ccc(C(=O)OCCCCCCO[CH]C(CCCCCCCCCC)OCCCCCCOC(=O)c4ccc(-c5ccc(OC(=O)c6ccc(OCCCCCCOC(=O)C(=C)C)cc6)cc5)cc4)cc3)cc2)cc1. The minimum atomic E-state index is -0.477. The van der Waals surface area contributed by atoms with Crippen molar-refractivity contribution < 1.29 is 76.1 Å². The molecular formula is C84H105O16. The molecule has 0 fully saturated rings. The smallest absolute Gasteiger partial charge is 0.343 e. The maximum absolute atomic E-state index is 12.9. The average molecular weight is 1370 g/mol. The molecule has 537 valence electrons. The van der Waals surface area contributed by atoms with E-state index in [1.807, 2.05) is 55.1 Å². The second-order valence-corrected chi connectivity index (χ2v) is 25.2. The summed E-state index contributed by atoms with van der Waals surface area (Å²) in [7, 11) is 0. The van der Waals surface area contributed by atoms with Gasteiger partial charge in [-0.25, -0.2) is 28.8 Å². The molecule has 0 aliphatic carbocycles. The highest BCUT2D eigenvalue weighted by molar-refractivity contribution is 5.93. The fraction of sp³-hybridized carbons (Fsp3) is 0.440. The van der Waals surface area contributed by atoms with Gasteiger partial charge < -0.3 is 47.4 Å². The highest BCUT2D eigenvalue weighted by Gasteiger charge is 2.16. The third-order valence-electron chi connectivity index (χ3n) is 16.6. The third-order valence-corrected chi connectivity index (χ3v) is 16.6. The Balaban J connectivity index is 0.782. The maximum Gasteiger partial charge on any atom is 0.343 e. The number of carbonyl (C=O) groups is 6. The second-order valence-electron chi connectivity index (χ2n) is 25.2. The van der Waals surface area contributed by atoms with Gasteiger partial charge in [0.2, 0.25) is 0 Å². The quantitative estimate of drug-likeness (QED) is 0.0115. The molecule has 0 saturated heterocycles. The van der Waals surface area contributed by atoms with Gasteiger partial charge >= 0.3 is 35.8 Å². The molecule has 16 nitrogen and oxygen atoms in total. The Morgan fingerprint density at radius 1 is 0.320 bits per heavy atom. The van der Waals surface area contributed by atoms with Crippen LogP contribution in [0.4, 0.5) is 0 Å². The lowest BCUT2D eigenvalue weighted by molar-refractivity contribution is -0.139. The van der Waals surface area contributed by atoms with Crippen molar-refractivity contribution in [2.24, 2.45) is 0 Å². The summed E-state index contributed by atoms with van der Waals surface area (Å²) in [6.45, 7) is 18.3. The summed E-state index contributed by atoms with van der Waals surface area (Å²) >= 11 is 0. The molecule has 0 bridgehead atoms. The summed E-state index contributed by atoms with van der Waals surface area (Å²) in [4.78, 5) is 74.6. The van der Waals surface area contributed by atoms with Gasteiger partial charge in [0.15, 0.2) is 0 Å². The molecule has 6 aromatic carbocycles. The van der Waals surface area contributed by atoms with Crippen molar-refractivity contribution >= 4 is 35.8 Å². The van der Waals surface area contributed by atoms with Crippen molar-refractivity contribution in [3.8, 4) is 45.3 Å². The van der Waals surface area contributed by atoms with Crippen LogP contribution in [0.15, 0.2) is 170 Å². The van der Waals surface area contributed by atoms with Gasteiger partial charge in [0.05, 0.1) is 68.0 Å². The van der Waals surface area contributed by atoms with Crippen LogP contribution in [0.25, 0.3) is 22.3 Å². The zero-order valence-corrected chi connectivity index (χ0v) is 59.3. The van der Waals surface area contributed by atoms with Crippen molar-refractivity contribution in [3.05, 3.63) is 199 Å². The molecule has 0 aliphatic rings. The lowest BCUT2D eigenvalue weighted by Crippen LogP contribution is -2.17. The van der Waals surface area contributed by atoms with Gasteiger partial charge in [-0.05, 0) is 229 Å². The van der Waals surface area contributed by atoms with E-state index in [0.717, 1.165) is 138 Å². The predicted molar refractivity (Wildman–Crippen MR) is 391 cm³/mol. The zero-order chi connectivity index (χ0) is 71.2.